The van der Waals surface area contributed by atoms with Crippen LogP contribution in [-0.4, -0.2) is 4.98 Å². The van der Waals surface area contributed by atoms with Crippen LogP contribution in [0, 0.1) is 6.92 Å². The molecule has 0 unspecified atom stereocenters. The van der Waals surface area contributed by atoms with Gasteiger partial charge in [-0.2, -0.15) is 0 Å². The third-order valence-electron chi connectivity index (χ3n) is 3.53. The number of rotatable bonds is 0. The lowest BCUT2D eigenvalue weighted by Crippen LogP contribution is -2.13. The summed E-state index contributed by atoms with van der Waals surface area (Å²) in [7, 11) is 0. The normalized spacial score (nSPS) is 12.7. The minimum Gasteiger partial charge on any atom is -0.340 e. The van der Waals surface area contributed by atoms with Crippen LogP contribution in [0.15, 0.2) is 51.0 Å². The van der Waals surface area contributed by atoms with E-state index in [4.69, 9.17) is 11.6 Å². The molecule has 5 heteroatoms. The first kappa shape index (κ1) is 12.8. The summed E-state index contributed by atoms with van der Waals surface area (Å²) in [6, 6.07) is 11.5. The molecule has 0 saturated carbocycles. The number of hydrogen-bond acceptors (Lipinski definition) is 3. The van der Waals surface area contributed by atoms with Gasteiger partial charge in [0.05, 0.1) is 11.2 Å². The number of nitrogens with one attached hydrogen (secondary N) is 2. The fraction of sp³-hybridized carbons (Fsp3) is 0.0625. The molecular formula is C16H11ClN2OS. The first-order valence-electron chi connectivity index (χ1n) is 6.53. The molecule has 3 aromatic rings. The molecule has 4 rings (SSSR count). The van der Waals surface area contributed by atoms with Crippen molar-refractivity contribution in [2.75, 3.05) is 5.32 Å². The lowest BCUT2D eigenvalue weighted by molar-refractivity contribution is 1.21. The van der Waals surface area contributed by atoms with Gasteiger partial charge >= 0.3 is 0 Å². The smallest absolute Gasteiger partial charge is 0.205 e. The molecule has 1 aliphatic rings. The Hall–Kier alpha value is -1.91. The minimum atomic E-state index is 0.0468. The Morgan fingerprint density at radius 1 is 1.14 bits per heavy atom. The van der Waals surface area contributed by atoms with Crippen LogP contribution in [0.1, 0.15) is 5.56 Å². The summed E-state index contributed by atoms with van der Waals surface area (Å²) in [6.07, 6.45) is 0. The molecule has 2 heterocycles. The van der Waals surface area contributed by atoms with Crippen molar-refractivity contribution >= 4 is 45.8 Å². The van der Waals surface area contributed by atoms with Crippen molar-refractivity contribution in [1.29, 1.82) is 0 Å². The molecule has 0 spiro atoms. The maximum Gasteiger partial charge on any atom is 0.205 e. The van der Waals surface area contributed by atoms with Crippen LogP contribution in [0.2, 0.25) is 5.02 Å². The highest BCUT2D eigenvalue weighted by atomic mass is 35.5. The highest BCUT2D eigenvalue weighted by Gasteiger charge is 2.20. The van der Waals surface area contributed by atoms with Gasteiger partial charge in [0.25, 0.3) is 0 Å². The van der Waals surface area contributed by atoms with Gasteiger partial charge in [0.2, 0.25) is 5.43 Å². The van der Waals surface area contributed by atoms with E-state index in [9.17, 15) is 4.79 Å². The van der Waals surface area contributed by atoms with Crippen molar-refractivity contribution < 1.29 is 0 Å². The first-order chi connectivity index (χ1) is 10.1. The van der Waals surface area contributed by atoms with E-state index in [1.807, 2.05) is 43.3 Å². The predicted molar refractivity (Wildman–Crippen MR) is 88.2 cm³/mol. The molecule has 1 aliphatic heterocycles. The van der Waals surface area contributed by atoms with Crippen LogP contribution in [0.5, 0.6) is 0 Å². The van der Waals surface area contributed by atoms with Gasteiger partial charge in [-0.05, 0) is 37.3 Å². The second-order valence-corrected chi connectivity index (χ2v) is 6.56. The van der Waals surface area contributed by atoms with Crippen molar-refractivity contribution in [2.45, 2.75) is 16.7 Å². The molecular weight excluding hydrogens is 304 g/mol. The van der Waals surface area contributed by atoms with E-state index in [0.717, 1.165) is 27.5 Å². The molecule has 2 N–H and O–H groups in total. The number of aromatic nitrogens is 1. The van der Waals surface area contributed by atoms with E-state index in [2.05, 4.69) is 10.3 Å². The number of hydrogen-bond donors (Lipinski definition) is 2. The second kappa shape index (κ2) is 4.55. The van der Waals surface area contributed by atoms with E-state index >= 15 is 0 Å². The molecule has 2 aromatic carbocycles. The van der Waals surface area contributed by atoms with Gasteiger partial charge in [0.1, 0.15) is 10.7 Å². The molecule has 0 fully saturated rings. The Kier molecular flexibility index (Phi) is 2.77. The first-order valence-corrected chi connectivity index (χ1v) is 7.72. The average Bonchev–Trinajstić information content (AvgIpc) is 2.47. The van der Waals surface area contributed by atoms with Crippen molar-refractivity contribution in [3.05, 3.63) is 57.2 Å². The van der Waals surface area contributed by atoms with Gasteiger partial charge in [-0.15, -0.1) is 0 Å². The standard InChI is InChI=1S/C16H11ClN2OS/c1-8-2-4-11-10(6-8)14(20)15-16(18-11)19-12-5-3-9(17)7-13(12)21-15/h2-7H,1H3,(H2,18,19,20). The van der Waals surface area contributed by atoms with Gasteiger partial charge in [0.15, 0.2) is 0 Å². The largest absolute Gasteiger partial charge is 0.340 e. The topological polar surface area (TPSA) is 44.9 Å². The summed E-state index contributed by atoms with van der Waals surface area (Å²) in [5.74, 6) is 0.746. The molecule has 0 radical (unpaired) electrons. The number of aromatic amines is 1. The third-order valence-corrected chi connectivity index (χ3v) is 4.91. The summed E-state index contributed by atoms with van der Waals surface area (Å²) in [6.45, 7) is 1.98. The Morgan fingerprint density at radius 2 is 2.00 bits per heavy atom. The zero-order chi connectivity index (χ0) is 14.6. The summed E-state index contributed by atoms with van der Waals surface area (Å²) in [4.78, 5) is 17.7. The molecule has 104 valence electrons. The van der Waals surface area contributed by atoms with Gasteiger partial charge in [0, 0.05) is 15.3 Å². The fourth-order valence-electron chi connectivity index (χ4n) is 2.50. The van der Waals surface area contributed by atoms with Crippen molar-refractivity contribution in [1.82, 2.24) is 4.98 Å². The molecule has 0 saturated heterocycles. The number of halogens is 1. The zero-order valence-corrected chi connectivity index (χ0v) is 12.7. The predicted octanol–water partition coefficient (Wildman–Crippen LogP) is 4.70. The SMILES string of the molecule is Cc1ccc2[nH]c3c(c(=O)c2c1)Sc1cc(Cl)ccc1N3. The van der Waals surface area contributed by atoms with Gasteiger partial charge in [-0.1, -0.05) is 35.0 Å². The van der Waals surface area contributed by atoms with Gasteiger partial charge < -0.3 is 10.3 Å². The number of pyridine rings is 1. The fourth-order valence-corrected chi connectivity index (χ4v) is 3.77. The average molecular weight is 315 g/mol. The van der Waals surface area contributed by atoms with Crippen LogP contribution < -0.4 is 10.7 Å². The van der Waals surface area contributed by atoms with Crippen molar-refractivity contribution in [3.8, 4) is 0 Å². The van der Waals surface area contributed by atoms with E-state index in [0.29, 0.717) is 15.3 Å². The summed E-state index contributed by atoms with van der Waals surface area (Å²) in [5.41, 5.74) is 2.92. The van der Waals surface area contributed by atoms with Crippen LogP contribution in [0.25, 0.3) is 10.9 Å². The zero-order valence-electron chi connectivity index (χ0n) is 11.2. The van der Waals surface area contributed by atoms with E-state index in [1.54, 1.807) is 0 Å². The molecule has 21 heavy (non-hydrogen) atoms. The summed E-state index contributed by atoms with van der Waals surface area (Å²) >= 11 is 7.49. The van der Waals surface area contributed by atoms with E-state index in [1.165, 1.54) is 11.8 Å². The Morgan fingerprint density at radius 3 is 2.86 bits per heavy atom. The molecule has 0 bridgehead atoms. The molecule has 1 aromatic heterocycles. The minimum absolute atomic E-state index is 0.0468. The maximum atomic E-state index is 12.7. The Bertz CT molecular complexity index is 949. The van der Waals surface area contributed by atoms with Crippen molar-refractivity contribution in [3.63, 3.8) is 0 Å². The number of benzene rings is 2. The number of aryl methyl sites for hydroxylation is 1. The Labute approximate surface area is 130 Å². The highest BCUT2D eigenvalue weighted by Crippen LogP contribution is 2.43. The van der Waals surface area contributed by atoms with Crippen LogP contribution in [0.3, 0.4) is 0 Å². The monoisotopic (exact) mass is 314 g/mol. The quantitative estimate of drug-likeness (QED) is 0.494. The van der Waals surface area contributed by atoms with E-state index in [-0.39, 0.29) is 5.43 Å². The van der Waals surface area contributed by atoms with E-state index < -0.39 is 0 Å². The van der Waals surface area contributed by atoms with Crippen LogP contribution in [-0.2, 0) is 0 Å². The number of anilines is 2. The van der Waals surface area contributed by atoms with Crippen LogP contribution >= 0.6 is 23.4 Å². The molecule has 0 aliphatic carbocycles. The molecule has 3 nitrogen and oxygen atoms in total. The summed E-state index contributed by atoms with van der Waals surface area (Å²) < 4.78 is 0. The summed E-state index contributed by atoms with van der Waals surface area (Å²) in [5, 5.41) is 4.66. The highest BCUT2D eigenvalue weighted by molar-refractivity contribution is 7.99. The lowest BCUT2D eigenvalue weighted by atomic mass is 10.1. The van der Waals surface area contributed by atoms with Crippen LogP contribution in [0.4, 0.5) is 11.5 Å². The van der Waals surface area contributed by atoms with Crippen molar-refractivity contribution in [2.24, 2.45) is 0 Å². The molecule has 0 amide bonds. The second-order valence-electron chi connectivity index (χ2n) is 5.07. The molecule has 0 atom stereocenters. The number of H-pyrrole nitrogens is 1. The number of fused-ring (bicyclic) bond motifs is 3. The Balaban J connectivity index is 1.98. The van der Waals surface area contributed by atoms with Gasteiger partial charge in [-0.25, -0.2) is 0 Å². The lowest BCUT2D eigenvalue weighted by Gasteiger charge is -2.20. The maximum absolute atomic E-state index is 12.7. The third kappa shape index (κ3) is 2.03. The van der Waals surface area contributed by atoms with Gasteiger partial charge in [-0.3, -0.25) is 4.79 Å².